The zero-order valence-corrected chi connectivity index (χ0v) is 12.3. The van der Waals surface area contributed by atoms with Gasteiger partial charge in [0.15, 0.2) is 10.4 Å². The van der Waals surface area contributed by atoms with Gasteiger partial charge in [-0.1, -0.05) is 19.3 Å². The fourth-order valence-corrected chi connectivity index (χ4v) is 3.31. The second-order valence-corrected chi connectivity index (χ2v) is 5.68. The average Bonchev–Trinajstić information content (AvgIpc) is 2.62. The number of nitrogens with zero attached hydrogens (tertiary/aromatic N) is 2. The molecule has 1 aliphatic carbocycles. The normalized spacial score (nSPS) is 23.7. The lowest BCUT2D eigenvalue weighted by Crippen LogP contribution is -2.23. The Bertz CT molecular complexity index is 664. The van der Waals surface area contributed by atoms with Gasteiger partial charge < -0.3 is 14.8 Å². The summed E-state index contributed by atoms with van der Waals surface area (Å²) in [5.74, 6) is 0.559. The van der Waals surface area contributed by atoms with Crippen LogP contribution in [0.2, 0.25) is 0 Å². The molecule has 2 atom stereocenters. The first-order chi connectivity index (χ1) is 9.70. The maximum Gasteiger partial charge on any atom is 0.215 e. The Hall–Kier alpha value is -1.40. The van der Waals surface area contributed by atoms with E-state index in [1.807, 2.05) is 16.7 Å². The third kappa shape index (κ3) is 2.33. The highest BCUT2D eigenvalue weighted by Gasteiger charge is 2.26. The van der Waals surface area contributed by atoms with Crippen LogP contribution in [-0.2, 0) is 0 Å². The van der Waals surface area contributed by atoms with Crippen molar-refractivity contribution >= 4 is 23.4 Å². The fourth-order valence-electron chi connectivity index (χ4n) is 2.97. The quantitative estimate of drug-likeness (QED) is 0.660. The number of imidazole rings is 1. The van der Waals surface area contributed by atoms with E-state index in [2.05, 4.69) is 9.97 Å². The number of aliphatic hydroxyl groups is 1. The number of ether oxygens (including phenoxy) is 1. The minimum absolute atomic E-state index is 0.00152. The van der Waals surface area contributed by atoms with Crippen LogP contribution >= 0.6 is 12.2 Å². The number of aromatic nitrogens is 3. The highest BCUT2D eigenvalue weighted by atomic mass is 32.1. The van der Waals surface area contributed by atoms with Crippen LogP contribution in [0, 0.1) is 4.77 Å². The Morgan fingerprint density at radius 2 is 2.15 bits per heavy atom. The van der Waals surface area contributed by atoms with Crippen molar-refractivity contribution in [3.63, 3.8) is 0 Å². The molecule has 0 radical (unpaired) electrons. The standard InChI is InChI=1S/C14H19N3O2S/c1-19-12-8-7-9-13(16-12)17(14(20)15-9)10-5-3-2-4-6-11(10)18/h7-8,10-11,18H,2-6H2,1H3,(H,15,20). The molecule has 0 aliphatic heterocycles. The van der Waals surface area contributed by atoms with E-state index in [9.17, 15) is 5.11 Å². The summed E-state index contributed by atoms with van der Waals surface area (Å²) in [6, 6.07) is 3.72. The number of methoxy groups -OCH3 is 1. The summed E-state index contributed by atoms with van der Waals surface area (Å²) in [6.45, 7) is 0. The van der Waals surface area contributed by atoms with Crippen LogP contribution in [0.25, 0.3) is 11.2 Å². The van der Waals surface area contributed by atoms with Crippen molar-refractivity contribution in [3.05, 3.63) is 16.9 Å². The minimum atomic E-state index is -0.365. The zero-order valence-electron chi connectivity index (χ0n) is 11.5. The van der Waals surface area contributed by atoms with E-state index in [0.717, 1.165) is 36.8 Å². The fraction of sp³-hybridized carbons (Fsp3) is 0.571. The van der Waals surface area contributed by atoms with Crippen molar-refractivity contribution in [3.8, 4) is 5.88 Å². The third-order valence-corrected chi connectivity index (χ3v) is 4.32. The molecule has 0 amide bonds. The average molecular weight is 293 g/mol. The van der Waals surface area contributed by atoms with Crippen LogP contribution in [0.4, 0.5) is 0 Å². The maximum atomic E-state index is 10.4. The van der Waals surface area contributed by atoms with Gasteiger partial charge in [-0.25, -0.2) is 0 Å². The molecular weight excluding hydrogens is 274 g/mol. The molecule has 2 aromatic heterocycles. The molecule has 2 unspecified atom stereocenters. The zero-order chi connectivity index (χ0) is 14.1. The Morgan fingerprint density at radius 3 is 2.95 bits per heavy atom. The molecule has 2 N–H and O–H groups in total. The van der Waals surface area contributed by atoms with Gasteiger partial charge in [0.2, 0.25) is 5.88 Å². The molecule has 6 heteroatoms. The molecule has 1 fully saturated rings. The first-order valence-corrected chi connectivity index (χ1v) is 7.45. The SMILES string of the molecule is COc1ccc2[nH]c(=S)n(C3CCCCCC3O)c2n1. The lowest BCUT2D eigenvalue weighted by molar-refractivity contribution is 0.106. The molecule has 2 heterocycles. The summed E-state index contributed by atoms with van der Waals surface area (Å²) in [4.78, 5) is 7.65. The van der Waals surface area contributed by atoms with E-state index in [0.29, 0.717) is 10.7 Å². The number of hydrogen-bond acceptors (Lipinski definition) is 4. The van der Waals surface area contributed by atoms with Crippen LogP contribution in [0.15, 0.2) is 12.1 Å². The summed E-state index contributed by atoms with van der Waals surface area (Å²) in [5.41, 5.74) is 1.65. The number of nitrogens with one attached hydrogen (secondary N) is 1. The van der Waals surface area contributed by atoms with Crippen molar-refractivity contribution in [2.24, 2.45) is 0 Å². The first-order valence-electron chi connectivity index (χ1n) is 7.04. The third-order valence-electron chi connectivity index (χ3n) is 4.02. The molecule has 20 heavy (non-hydrogen) atoms. The largest absolute Gasteiger partial charge is 0.481 e. The smallest absolute Gasteiger partial charge is 0.215 e. The number of H-pyrrole nitrogens is 1. The van der Waals surface area contributed by atoms with Gasteiger partial charge in [0.1, 0.15) is 0 Å². The van der Waals surface area contributed by atoms with E-state index in [1.165, 1.54) is 6.42 Å². The summed E-state index contributed by atoms with van der Waals surface area (Å²) >= 11 is 5.43. The molecule has 1 aliphatic rings. The molecule has 0 saturated heterocycles. The van der Waals surface area contributed by atoms with Gasteiger partial charge in [-0.15, -0.1) is 0 Å². The highest BCUT2D eigenvalue weighted by molar-refractivity contribution is 7.71. The molecule has 0 bridgehead atoms. The molecule has 1 saturated carbocycles. The lowest BCUT2D eigenvalue weighted by Gasteiger charge is -2.22. The summed E-state index contributed by atoms with van der Waals surface area (Å²) in [7, 11) is 1.60. The Balaban J connectivity index is 2.13. The molecular formula is C14H19N3O2S. The summed E-state index contributed by atoms with van der Waals surface area (Å²) < 4.78 is 7.77. The molecule has 5 nitrogen and oxygen atoms in total. The number of aliphatic hydroxyl groups excluding tert-OH is 1. The van der Waals surface area contributed by atoms with Crippen LogP contribution in [-0.4, -0.2) is 32.9 Å². The van der Waals surface area contributed by atoms with Crippen LogP contribution < -0.4 is 4.74 Å². The van der Waals surface area contributed by atoms with Crippen molar-refractivity contribution in [2.45, 2.75) is 44.2 Å². The molecule has 0 aromatic carbocycles. The van der Waals surface area contributed by atoms with E-state index < -0.39 is 0 Å². The Kier molecular flexibility index (Phi) is 3.76. The van der Waals surface area contributed by atoms with Gasteiger partial charge in [-0.05, 0) is 31.1 Å². The first kappa shape index (κ1) is 13.6. The predicted octanol–water partition coefficient (Wildman–Crippen LogP) is 2.97. The topological polar surface area (TPSA) is 63.1 Å². The monoisotopic (exact) mass is 293 g/mol. The van der Waals surface area contributed by atoms with Gasteiger partial charge in [0.25, 0.3) is 0 Å². The Morgan fingerprint density at radius 1 is 1.35 bits per heavy atom. The molecule has 0 spiro atoms. The maximum absolute atomic E-state index is 10.4. The number of pyridine rings is 1. The Labute approximate surface area is 122 Å². The van der Waals surface area contributed by atoms with E-state index in [1.54, 1.807) is 7.11 Å². The van der Waals surface area contributed by atoms with Crippen LogP contribution in [0.3, 0.4) is 0 Å². The predicted molar refractivity (Wildman–Crippen MR) is 79.6 cm³/mol. The lowest BCUT2D eigenvalue weighted by atomic mass is 10.1. The number of fused-ring (bicyclic) bond motifs is 1. The van der Waals surface area contributed by atoms with Gasteiger partial charge in [-0.3, -0.25) is 4.57 Å². The van der Waals surface area contributed by atoms with Crippen molar-refractivity contribution in [1.29, 1.82) is 0 Å². The van der Waals surface area contributed by atoms with Gasteiger partial charge >= 0.3 is 0 Å². The van der Waals surface area contributed by atoms with Crippen LogP contribution in [0.5, 0.6) is 5.88 Å². The van der Waals surface area contributed by atoms with Crippen molar-refractivity contribution in [1.82, 2.24) is 14.5 Å². The number of rotatable bonds is 2. The van der Waals surface area contributed by atoms with Crippen molar-refractivity contribution < 1.29 is 9.84 Å². The molecule has 3 rings (SSSR count). The molecule has 2 aromatic rings. The van der Waals surface area contributed by atoms with Crippen LogP contribution in [0.1, 0.15) is 38.1 Å². The van der Waals surface area contributed by atoms with Gasteiger partial charge in [0.05, 0.1) is 24.8 Å². The molecule has 108 valence electrons. The summed E-state index contributed by atoms with van der Waals surface area (Å²) in [6.07, 6.45) is 4.74. The number of hydrogen-bond donors (Lipinski definition) is 2. The number of aromatic amines is 1. The van der Waals surface area contributed by atoms with Crippen molar-refractivity contribution in [2.75, 3.05) is 7.11 Å². The van der Waals surface area contributed by atoms with E-state index in [-0.39, 0.29) is 12.1 Å². The minimum Gasteiger partial charge on any atom is -0.481 e. The summed E-state index contributed by atoms with van der Waals surface area (Å²) in [5, 5.41) is 10.4. The van der Waals surface area contributed by atoms with E-state index in [4.69, 9.17) is 17.0 Å². The second kappa shape index (κ2) is 5.54. The van der Waals surface area contributed by atoms with Gasteiger partial charge in [0, 0.05) is 6.07 Å². The highest BCUT2D eigenvalue weighted by Crippen LogP contribution is 2.31. The van der Waals surface area contributed by atoms with Gasteiger partial charge in [-0.2, -0.15) is 4.98 Å². The second-order valence-electron chi connectivity index (χ2n) is 5.30. The van der Waals surface area contributed by atoms with E-state index >= 15 is 0 Å².